The van der Waals surface area contributed by atoms with Crippen molar-refractivity contribution >= 4 is 0 Å². The molecule has 6 nitrogen and oxygen atoms in total. The van der Waals surface area contributed by atoms with Crippen LogP contribution in [-0.4, -0.2) is 54.1 Å². The second kappa shape index (κ2) is 10.4. The minimum Gasteiger partial charge on any atom is -0.494 e. The van der Waals surface area contributed by atoms with Gasteiger partial charge in [0.05, 0.1) is 18.0 Å². The van der Waals surface area contributed by atoms with Gasteiger partial charge in [-0.2, -0.15) is 13.2 Å². The molecule has 3 aromatic rings. The van der Waals surface area contributed by atoms with Gasteiger partial charge in [-0.05, 0) is 69.0 Å². The highest BCUT2D eigenvalue weighted by Crippen LogP contribution is 2.22. The number of aromatic nitrogens is 2. The lowest BCUT2D eigenvalue weighted by atomic mass is 10.3. The number of hydrogen-bond donors (Lipinski definition) is 0. The summed E-state index contributed by atoms with van der Waals surface area (Å²) in [6.45, 7) is 1.36. The van der Waals surface area contributed by atoms with E-state index in [1.165, 1.54) is 9.13 Å². The standard InChI is InChI=1S/C23H26F3N3O3/c1-27(2)15-17-32-21-10-6-19(7-11-21)29-14-13-28(22(29)30)18-4-8-20(9-5-18)31-16-3-12-23(24,25)26/h4-11,13-14H,3,12,15-17H2,1-2H3. The van der Waals surface area contributed by atoms with Crippen LogP contribution in [-0.2, 0) is 0 Å². The van der Waals surface area contributed by atoms with Gasteiger partial charge in [0.15, 0.2) is 0 Å². The van der Waals surface area contributed by atoms with E-state index in [0.717, 1.165) is 12.3 Å². The first-order valence-electron chi connectivity index (χ1n) is 10.2. The van der Waals surface area contributed by atoms with Crippen LogP contribution in [0.15, 0.2) is 65.7 Å². The van der Waals surface area contributed by atoms with E-state index in [-0.39, 0.29) is 18.7 Å². The van der Waals surface area contributed by atoms with Crippen LogP contribution in [0.3, 0.4) is 0 Å². The maximum Gasteiger partial charge on any atom is 0.389 e. The number of benzene rings is 2. The Balaban J connectivity index is 1.62. The Hall–Kier alpha value is -3.20. The Bertz CT molecular complexity index is 1040. The summed E-state index contributed by atoms with van der Waals surface area (Å²) in [7, 11) is 3.95. The molecule has 0 N–H and O–H groups in total. The average Bonchev–Trinajstić information content (AvgIpc) is 3.12. The molecule has 0 fully saturated rings. The lowest BCUT2D eigenvalue weighted by molar-refractivity contribution is -0.136. The molecule has 32 heavy (non-hydrogen) atoms. The summed E-state index contributed by atoms with van der Waals surface area (Å²) >= 11 is 0. The van der Waals surface area contributed by atoms with Gasteiger partial charge < -0.3 is 14.4 Å². The molecular formula is C23H26F3N3O3. The smallest absolute Gasteiger partial charge is 0.389 e. The molecule has 0 unspecified atom stereocenters. The van der Waals surface area contributed by atoms with Crippen LogP contribution in [0.5, 0.6) is 11.5 Å². The summed E-state index contributed by atoms with van der Waals surface area (Å²) < 4.78 is 50.6. The lowest BCUT2D eigenvalue weighted by Crippen LogP contribution is -2.21. The topological polar surface area (TPSA) is 48.6 Å². The quantitative estimate of drug-likeness (QED) is 0.434. The van der Waals surface area contributed by atoms with Gasteiger partial charge in [0.1, 0.15) is 18.1 Å². The number of rotatable bonds is 10. The summed E-state index contributed by atoms with van der Waals surface area (Å²) in [6, 6.07) is 13.9. The van der Waals surface area contributed by atoms with E-state index in [9.17, 15) is 18.0 Å². The van der Waals surface area contributed by atoms with Gasteiger partial charge in [0, 0.05) is 25.4 Å². The molecule has 0 saturated carbocycles. The predicted octanol–water partition coefficient (Wildman–Crippen LogP) is 4.29. The molecule has 0 radical (unpaired) electrons. The highest BCUT2D eigenvalue weighted by atomic mass is 19.4. The van der Waals surface area contributed by atoms with Crippen molar-refractivity contribution in [2.75, 3.05) is 33.9 Å². The number of ether oxygens (including phenoxy) is 2. The molecule has 0 spiro atoms. The second-order valence-electron chi connectivity index (χ2n) is 7.53. The molecule has 0 saturated heterocycles. The van der Waals surface area contributed by atoms with E-state index in [2.05, 4.69) is 0 Å². The van der Waals surface area contributed by atoms with Crippen molar-refractivity contribution in [2.24, 2.45) is 0 Å². The molecule has 172 valence electrons. The third kappa shape index (κ3) is 6.65. The fourth-order valence-electron chi connectivity index (χ4n) is 2.98. The molecule has 0 aliphatic rings. The van der Waals surface area contributed by atoms with Crippen LogP contribution >= 0.6 is 0 Å². The third-order valence-electron chi connectivity index (χ3n) is 4.69. The Kier molecular flexibility index (Phi) is 7.63. The van der Waals surface area contributed by atoms with E-state index < -0.39 is 12.6 Å². The highest BCUT2D eigenvalue weighted by molar-refractivity contribution is 5.40. The van der Waals surface area contributed by atoms with Crippen molar-refractivity contribution in [2.45, 2.75) is 19.0 Å². The highest BCUT2D eigenvalue weighted by Gasteiger charge is 2.26. The zero-order valence-corrected chi connectivity index (χ0v) is 18.0. The minimum absolute atomic E-state index is 0.0238. The van der Waals surface area contributed by atoms with Crippen LogP contribution in [0.4, 0.5) is 13.2 Å². The maximum absolute atomic E-state index is 12.8. The lowest BCUT2D eigenvalue weighted by Gasteiger charge is -2.11. The number of alkyl halides is 3. The van der Waals surface area contributed by atoms with E-state index >= 15 is 0 Å². The van der Waals surface area contributed by atoms with Crippen molar-refractivity contribution in [3.63, 3.8) is 0 Å². The number of nitrogens with zero attached hydrogens (tertiary/aromatic N) is 3. The Morgan fingerprint density at radius 2 is 1.28 bits per heavy atom. The zero-order chi connectivity index (χ0) is 23.1. The molecule has 9 heteroatoms. The van der Waals surface area contributed by atoms with Crippen molar-refractivity contribution in [3.05, 3.63) is 71.4 Å². The predicted molar refractivity (Wildman–Crippen MR) is 116 cm³/mol. The summed E-state index contributed by atoms with van der Waals surface area (Å²) in [5, 5.41) is 0. The van der Waals surface area contributed by atoms with Gasteiger partial charge in [-0.3, -0.25) is 9.13 Å². The molecule has 0 amide bonds. The number of halogens is 3. The van der Waals surface area contributed by atoms with E-state index in [4.69, 9.17) is 9.47 Å². The van der Waals surface area contributed by atoms with Gasteiger partial charge in [-0.25, -0.2) is 4.79 Å². The second-order valence-corrected chi connectivity index (χ2v) is 7.53. The molecular weight excluding hydrogens is 423 g/mol. The molecule has 0 aliphatic heterocycles. The first-order chi connectivity index (χ1) is 15.2. The summed E-state index contributed by atoms with van der Waals surface area (Å²) in [4.78, 5) is 14.9. The monoisotopic (exact) mass is 449 g/mol. The largest absolute Gasteiger partial charge is 0.494 e. The van der Waals surface area contributed by atoms with Gasteiger partial charge in [-0.1, -0.05) is 0 Å². The Morgan fingerprint density at radius 3 is 1.72 bits per heavy atom. The fourth-order valence-corrected chi connectivity index (χ4v) is 2.98. The van der Waals surface area contributed by atoms with Gasteiger partial charge in [-0.15, -0.1) is 0 Å². The number of imidazole rings is 1. The summed E-state index contributed by atoms with van der Waals surface area (Å²) in [5.41, 5.74) is 1.09. The fraction of sp³-hybridized carbons (Fsp3) is 0.348. The zero-order valence-electron chi connectivity index (χ0n) is 18.0. The summed E-state index contributed by atoms with van der Waals surface area (Å²) in [5.74, 6) is 1.18. The van der Waals surface area contributed by atoms with Crippen molar-refractivity contribution < 1.29 is 22.6 Å². The molecule has 0 aliphatic carbocycles. The average molecular weight is 449 g/mol. The van der Waals surface area contributed by atoms with Crippen LogP contribution in [0, 0.1) is 0 Å². The van der Waals surface area contributed by atoms with E-state index in [1.807, 2.05) is 43.3 Å². The Morgan fingerprint density at radius 1 is 0.812 bits per heavy atom. The molecule has 0 bridgehead atoms. The first-order valence-corrected chi connectivity index (χ1v) is 10.2. The molecule has 3 rings (SSSR count). The Labute approximate surface area is 184 Å². The summed E-state index contributed by atoms with van der Waals surface area (Å²) in [6.07, 6.45) is -1.83. The van der Waals surface area contributed by atoms with Crippen molar-refractivity contribution in [1.29, 1.82) is 0 Å². The van der Waals surface area contributed by atoms with Crippen LogP contribution in [0.2, 0.25) is 0 Å². The molecule has 1 heterocycles. The normalized spacial score (nSPS) is 11.7. The minimum atomic E-state index is -4.18. The molecule has 2 aromatic carbocycles. The molecule has 0 atom stereocenters. The number of likely N-dealkylation sites (N-methyl/N-ethyl adjacent to an activating group) is 1. The third-order valence-corrected chi connectivity index (χ3v) is 4.69. The van der Waals surface area contributed by atoms with Crippen molar-refractivity contribution in [1.82, 2.24) is 14.0 Å². The van der Waals surface area contributed by atoms with Crippen LogP contribution < -0.4 is 15.2 Å². The van der Waals surface area contributed by atoms with Crippen LogP contribution in [0.1, 0.15) is 12.8 Å². The van der Waals surface area contributed by atoms with Gasteiger partial charge in [0.25, 0.3) is 0 Å². The number of hydrogen-bond acceptors (Lipinski definition) is 4. The SMILES string of the molecule is CN(C)CCOc1ccc(-n2ccn(-c3ccc(OCCCC(F)(F)F)cc3)c2=O)cc1. The van der Waals surface area contributed by atoms with Crippen LogP contribution in [0.25, 0.3) is 11.4 Å². The van der Waals surface area contributed by atoms with E-state index in [1.54, 1.807) is 36.7 Å². The first kappa shape index (κ1) is 23.5. The van der Waals surface area contributed by atoms with Gasteiger partial charge >= 0.3 is 11.9 Å². The molecule has 1 aromatic heterocycles. The van der Waals surface area contributed by atoms with E-state index in [0.29, 0.717) is 23.7 Å². The van der Waals surface area contributed by atoms with Gasteiger partial charge in [0.2, 0.25) is 0 Å². The van der Waals surface area contributed by atoms with Crippen molar-refractivity contribution in [3.8, 4) is 22.9 Å². The maximum atomic E-state index is 12.8.